The number of fused-ring (bicyclic) bond motifs is 13. The quantitative estimate of drug-likeness (QED) is 0.175. The van der Waals surface area contributed by atoms with Crippen LogP contribution in [0.5, 0.6) is 0 Å². The van der Waals surface area contributed by atoms with E-state index in [1.54, 1.807) is 0 Å². The average Bonchev–Trinajstić information content (AvgIpc) is 3.87. The molecule has 0 fully saturated rings. The summed E-state index contributed by atoms with van der Waals surface area (Å²) in [5.41, 5.74) is 12.6. The van der Waals surface area contributed by atoms with Gasteiger partial charge in [-0.1, -0.05) is 153 Å². The van der Waals surface area contributed by atoms with Gasteiger partial charge in [-0.3, -0.25) is 0 Å². The van der Waals surface area contributed by atoms with Gasteiger partial charge in [0.2, 0.25) is 0 Å². The number of hydrogen-bond acceptors (Lipinski definition) is 2. The SMILES string of the molecule is CC1(C)c2ccccc2-c2ccc(N(c3ccccc3)c3cccc4c3sc3cc(-n5c6c7ccccc7ccc6c6ccc7ccccc7c65)ccc34)cc21. The fourth-order valence-corrected chi connectivity index (χ4v) is 11.0. The topological polar surface area (TPSA) is 8.17 Å². The molecule has 0 saturated heterocycles. The molecule has 2 nitrogen and oxygen atoms in total. The highest BCUT2D eigenvalue weighted by atomic mass is 32.1. The molecule has 56 heavy (non-hydrogen) atoms. The first-order valence-corrected chi connectivity index (χ1v) is 20.3. The molecule has 0 N–H and O–H groups in total. The molecule has 0 saturated carbocycles. The second kappa shape index (κ2) is 11.7. The smallest absolute Gasteiger partial charge is 0.0640 e. The minimum atomic E-state index is -0.0895. The summed E-state index contributed by atoms with van der Waals surface area (Å²) in [7, 11) is 0. The lowest BCUT2D eigenvalue weighted by Gasteiger charge is -2.28. The molecule has 3 heteroatoms. The summed E-state index contributed by atoms with van der Waals surface area (Å²) in [6.45, 7) is 4.72. The number of rotatable bonds is 4. The molecule has 264 valence electrons. The zero-order valence-corrected chi connectivity index (χ0v) is 31.9. The van der Waals surface area contributed by atoms with Crippen molar-refractivity contribution in [3.63, 3.8) is 0 Å². The summed E-state index contributed by atoms with van der Waals surface area (Å²) in [6, 6.07) is 67.5. The van der Waals surface area contributed by atoms with Crippen LogP contribution in [0, 0.1) is 0 Å². The second-order valence-electron chi connectivity index (χ2n) is 15.7. The van der Waals surface area contributed by atoms with Crippen LogP contribution in [0.25, 0.3) is 80.3 Å². The van der Waals surface area contributed by atoms with Gasteiger partial charge in [0, 0.05) is 59.5 Å². The molecular formula is C53H36N2S. The Bertz CT molecular complexity index is 3310. The zero-order chi connectivity index (χ0) is 37.1. The molecule has 0 bridgehead atoms. The van der Waals surface area contributed by atoms with E-state index in [2.05, 4.69) is 205 Å². The standard InChI is InChI=1S/C53H36N2S/c1-53(2)46-21-11-10-19-40(46)41-29-25-36(31-47(41)53)54(35-15-4-3-5-16-35)48-22-12-20-45-42-30-26-37(32-49(42)56-52(45)48)55-50-38-17-8-6-13-33(38)23-27-43(50)44-28-24-34-14-7-9-18-39(34)51(44)55/h3-32H,1-2H3. The van der Waals surface area contributed by atoms with Crippen LogP contribution >= 0.6 is 11.3 Å². The Hall–Kier alpha value is -6.68. The molecule has 0 atom stereocenters. The molecule has 0 radical (unpaired) electrons. The van der Waals surface area contributed by atoms with E-state index in [1.165, 1.54) is 103 Å². The number of para-hydroxylation sites is 1. The molecule has 2 aromatic heterocycles. The predicted octanol–water partition coefficient (Wildman–Crippen LogP) is 15.2. The summed E-state index contributed by atoms with van der Waals surface area (Å²) in [5.74, 6) is 0. The summed E-state index contributed by atoms with van der Waals surface area (Å²) >= 11 is 1.90. The number of hydrogen-bond donors (Lipinski definition) is 0. The minimum Gasteiger partial charge on any atom is -0.309 e. The Morgan fingerprint density at radius 1 is 0.446 bits per heavy atom. The van der Waals surface area contributed by atoms with Crippen LogP contribution in [0.3, 0.4) is 0 Å². The number of thiophene rings is 1. The Kier molecular flexibility index (Phi) is 6.59. The van der Waals surface area contributed by atoms with Crippen LogP contribution in [-0.4, -0.2) is 4.57 Å². The van der Waals surface area contributed by atoms with E-state index < -0.39 is 0 Å². The Morgan fingerprint density at radius 3 is 1.82 bits per heavy atom. The van der Waals surface area contributed by atoms with Crippen molar-refractivity contribution in [1.82, 2.24) is 4.57 Å². The van der Waals surface area contributed by atoms with Crippen LogP contribution in [0.15, 0.2) is 182 Å². The number of benzene rings is 9. The number of anilines is 3. The second-order valence-corrected chi connectivity index (χ2v) is 16.8. The summed E-state index contributed by atoms with van der Waals surface area (Å²) < 4.78 is 5.09. The van der Waals surface area contributed by atoms with Crippen molar-refractivity contribution in [2.24, 2.45) is 0 Å². The van der Waals surface area contributed by atoms with E-state index in [0.29, 0.717) is 0 Å². The fourth-order valence-electron chi connectivity index (χ4n) is 9.72. The highest BCUT2D eigenvalue weighted by Gasteiger charge is 2.36. The largest absolute Gasteiger partial charge is 0.309 e. The highest BCUT2D eigenvalue weighted by molar-refractivity contribution is 7.26. The molecule has 11 aromatic rings. The van der Waals surface area contributed by atoms with Crippen LogP contribution in [0.2, 0.25) is 0 Å². The van der Waals surface area contributed by atoms with Gasteiger partial charge in [0.25, 0.3) is 0 Å². The van der Waals surface area contributed by atoms with Crippen molar-refractivity contribution < 1.29 is 0 Å². The minimum absolute atomic E-state index is 0.0895. The summed E-state index contributed by atoms with van der Waals surface area (Å²) in [5, 5.41) is 10.2. The van der Waals surface area contributed by atoms with E-state index in [0.717, 1.165) is 5.69 Å². The average molecular weight is 733 g/mol. The molecule has 1 aliphatic carbocycles. The van der Waals surface area contributed by atoms with Gasteiger partial charge < -0.3 is 9.47 Å². The third kappa shape index (κ3) is 4.38. The Balaban J connectivity index is 1.09. The lowest BCUT2D eigenvalue weighted by atomic mass is 9.82. The van der Waals surface area contributed by atoms with Crippen molar-refractivity contribution in [2.75, 3.05) is 4.90 Å². The molecule has 0 amide bonds. The van der Waals surface area contributed by atoms with Gasteiger partial charge in [0.1, 0.15) is 0 Å². The van der Waals surface area contributed by atoms with Crippen molar-refractivity contribution in [3.8, 4) is 16.8 Å². The highest BCUT2D eigenvalue weighted by Crippen LogP contribution is 2.52. The van der Waals surface area contributed by atoms with Gasteiger partial charge in [-0.2, -0.15) is 0 Å². The Morgan fingerprint density at radius 2 is 1.07 bits per heavy atom. The van der Waals surface area contributed by atoms with Crippen molar-refractivity contribution in [1.29, 1.82) is 0 Å². The molecule has 0 spiro atoms. The first-order valence-electron chi connectivity index (χ1n) is 19.4. The molecule has 9 aromatic carbocycles. The molecule has 2 heterocycles. The first kappa shape index (κ1) is 31.6. The molecule has 0 unspecified atom stereocenters. The van der Waals surface area contributed by atoms with Crippen molar-refractivity contribution >= 4 is 91.9 Å². The Labute approximate surface area is 329 Å². The first-order chi connectivity index (χ1) is 27.5. The van der Waals surface area contributed by atoms with Crippen LogP contribution in [0.1, 0.15) is 25.0 Å². The van der Waals surface area contributed by atoms with Gasteiger partial charge in [0.15, 0.2) is 0 Å². The maximum atomic E-state index is 2.53. The monoisotopic (exact) mass is 732 g/mol. The van der Waals surface area contributed by atoms with E-state index in [9.17, 15) is 0 Å². The lowest BCUT2D eigenvalue weighted by molar-refractivity contribution is 0.660. The van der Waals surface area contributed by atoms with E-state index in [-0.39, 0.29) is 5.41 Å². The van der Waals surface area contributed by atoms with Crippen LogP contribution in [0.4, 0.5) is 17.1 Å². The van der Waals surface area contributed by atoms with E-state index in [1.807, 2.05) is 11.3 Å². The van der Waals surface area contributed by atoms with Gasteiger partial charge in [0.05, 0.1) is 21.4 Å². The normalized spacial score (nSPS) is 13.3. The van der Waals surface area contributed by atoms with Crippen molar-refractivity contribution in [3.05, 3.63) is 193 Å². The maximum Gasteiger partial charge on any atom is 0.0640 e. The molecular weight excluding hydrogens is 697 g/mol. The summed E-state index contributed by atoms with van der Waals surface area (Å²) in [4.78, 5) is 2.46. The maximum absolute atomic E-state index is 2.53. The third-order valence-corrected chi connectivity index (χ3v) is 13.5. The zero-order valence-electron chi connectivity index (χ0n) is 31.1. The van der Waals surface area contributed by atoms with E-state index in [4.69, 9.17) is 0 Å². The van der Waals surface area contributed by atoms with Crippen LogP contribution in [-0.2, 0) is 5.41 Å². The molecule has 1 aliphatic rings. The number of aromatic nitrogens is 1. The van der Waals surface area contributed by atoms with Crippen LogP contribution < -0.4 is 4.90 Å². The van der Waals surface area contributed by atoms with Gasteiger partial charge in [-0.25, -0.2) is 0 Å². The van der Waals surface area contributed by atoms with Gasteiger partial charge in [-0.15, -0.1) is 11.3 Å². The van der Waals surface area contributed by atoms with Crippen molar-refractivity contribution in [2.45, 2.75) is 19.3 Å². The van der Waals surface area contributed by atoms with E-state index >= 15 is 0 Å². The van der Waals surface area contributed by atoms with Gasteiger partial charge >= 0.3 is 0 Å². The number of nitrogens with zero attached hydrogens (tertiary/aromatic N) is 2. The molecule has 12 rings (SSSR count). The van der Waals surface area contributed by atoms with Gasteiger partial charge in [-0.05, 0) is 75.5 Å². The summed E-state index contributed by atoms with van der Waals surface area (Å²) in [6.07, 6.45) is 0. The predicted molar refractivity (Wildman–Crippen MR) is 241 cm³/mol. The lowest BCUT2D eigenvalue weighted by Crippen LogP contribution is -2.16. The third-order valence-electron chi connectivity index (χ3n) is 12.3. The fraction of sp³-hybridized carbons (Fsp3) is 0.0566. The molecule has 0 aliphatic heterocycles.